The van der Waals surface area contributed by atoms with E-state index in [9.17, 15) is 5.11 Å². The van der Waals surface area contributed by atoms with E-state index >= 15 is 0 Å². The molecule has 1 N–H and O–H groups in total. The second-order valence-corrected chi connectivity index (χ2v) is 5.13. The monoisotopic (exact) mass is 317 g/mol. The summed E-state index contributed by atoms with van der Waals surface area (Å²) in [6, 6.07) is 6.39. The van der Waals surface area contributed by atoms with Crippen LogP contribution in [0.15, 0.2) is 30.5 Å². The zero-order valence-electron chi connectivity index (χ0n) is 9.90. The fourth-order valence-corrected chi connectivity index (χ4v) is 1.97. The highest BCUT2D eigenvalue weighted by atomic mass is 35.5. The SMILES string of the molecule is CC(O)c1ccc(Oc2cc(Cl)c(Cl)cc2Cl)nc1. The van der Waals surface area contributed by atoms with Crippen molar-refractivity contribution < 1.29 is 9.84 Å². The number of halogens is 3. The van der Waals surface area contributed by atoms with Gasteiger partial charge in [-0.15, -0.1) is 0 Å². The van der Waals surface area contributed by atoms with Crippen LogP contribution in [0.2, 0.25) is 15.1 Å². The van der Waals surface area contributed by atoms with E-state index in [0.29, 0.717) is 32.3 Å². The van der Waals surface area contributed by atoms with Crippen molar-refractivity contribution in [2.45, 2.75) is 13.0 Å². The molecule has 2 rings (SSSR count). The predicted molar refractivity (Wildman–Crippen MR) is 76.4 cm³/mol. The minimum absolute atomic E-state index is 0.343. The van der Waals surface area contributed by atoms with Crippen molar-refractivity contribution in [1.29, 1.82) is 0 Å². The van der Waals surface area contributed by atoms with Crippen LogP contribution in [0.25, 0.3) is 0 Å². The van der Waals surface area contributed by atoms with Crippen LogP contribution in [-0.2, 0) is 0 Å². The molecular weight excluding hydrogens is 309 g/mol. The molecule has 0 saturated heterocycles. The number of benzene rings is 1. The Bertz CT molecular complexity index is 585. The molecule has 19 heavy (non-hydrogen) atoms. The average molecular weight is 319 g/mol. The molecule has 2 aromatic rings. The summed E-state index contributed by atoms with van der Waals surface area (Å²) in [5.74, 6) is 0.720. The second kappa shape index (κ2) is 5.97. The molecule has 0 aliphatic rings. The van der Waals surface area contributed by atoms with Crippen molar-refractivity contribution in [3.05, 3.63) is 51.1 Å². The minimum atomic E-state index is -0.574. The zero-order chi connectivity index (χ0) is 14.0. The van der Waals surface area contributed by atoms with Gasteiger partial charge in [0.1, 0.15) is 5.75 Å². The van der Waals surface area contributed by atoms with E-state index in [4.69, 9.17) is 39.5 Å². The summed E-state index contributed by atoms with van der Waals surface area (Å²) in [4.78, 5) is 4.07. The molecule has 0 aliphatic carbocycles. The maximum absolute atomic E-state index is 9.38. The van der Waals surface area contributed by atoms with E-state index in [0.717, 1.165) is 0 Å². The van der Waals surface area contributed by atoms with E-state index in [1.807, 2.05) is 0 Å². The van der Waals surface area contributed by atoms with Crippen LogP contribution in [0.4, 0.5) is 0 Å². The Hall–Kier alpha value is -1.000. The summed E-state index contributed by atoms with van der Waals surface area (Å²) in [5.41, 5.74) is 0.701. The highest BCUT2D eigenvalue weighted by Gasteiger charge is 2.09. The summed E-state index contributed by atoms with van der Waals surface area (Å²) in [6.45, 7) is 1.66. The number of aromatic nitrogens is 1. The van der Waals surface area contributed by atoms with Gasteiger partial charge in [0.15, 0.2) is 0 Å². The molecule has 0 saturated carbocycles. The van der Waals surface area contributed by atoms with Crippen molar-refractivity contribution >= 4 is 34.8 Å². The third-order valence-corrected chi connectivity index (χ3v) is 3.45. The van der Waals surface area contributed by atoms with Gasteiger partial charge in [0.2, 0.25) is 5.88 Å². The molecule has 1 aromatic carbocycles. The Morgan fingerprint density at radius 2 is 1.79 bits per heavy atom. The molecule has 0 radical (unpaired) electrons. The highest BCUT2D eigenvalue weighted by Crippen LogP contribution is 2.35. The van der Waals surface area contributed by atoms with Gasteiger partial charge in [-0.1, -0.05) is 34.8 Å². The molecule has 3 nitrogen and oxygen atoms in total. The van der Waals surface area contributed by atoms with E-state index in [1.54, 1.807) is 19.1 Å². The van der Waals surface area contributed by atoms with Gasteiger partial charge in [-0.25, -0.2) is 4.98 Å². The maximum Gasteiger partial charge on any atom is 0.219 e. The summed E-state index contributed by atoms with van der Waals surface area (Å²) >= 11 is 17.7. The Morgan fingerprint density at radius 3 is 2.37 bits per heavy atom. The third kappa shape index (κ3) is 3.51. The van der Waals surface area contributed by atoms with Crippen LogP contribution in [-0.4, -0.2) is 10.1 Å². The number of pyridine rings is 1. The molecule has 0 fully saturated rings. The molecule has 1 unspecified atom stereocenters. The van der Waals surface area contributed by atoms with Gasteiger partial charge in [0, 0.05) is 18.3 Å². The number of aliphatic hydroxyl groups is 1. The molecule has 0 bridgehead atoms. The van der Waals surface area contributed by atoms with Crippen LogP contribution < -0.4 is 4.74 Å². The van der Waals surface area contributed by atoms with Gasteiger partial charge in [-0.05, 0) is 24.6 Å². The lowest BCUT2D eigenvalue weighted by molar-refractivity contribution is 0.198. The number of nitrogens with zero attached hydrogens (tertiary/aromatic N) is 1. The fraction of sp³-hybridized carbons (Fsp3) is 0.154. The first-order valence-corrected chi connectivity index (χ1v) is 6.57. The number of rotatable bonds is 3. The van der Waals surface area contributed by atoms with Crippen molar-refractivity contribution in [3.63, 3.8) is 0 Å². The smallest absolute Gasteiger partial charge is 0.219 e. The van der Waals surface area contributed by atoms with E-state index in [1.165, 1.54) is 18.3 Å². The van der Waals surface area contributed by atoms with E-state index in [2.05, 4.69) is 4.98 Å². The second-order valence-electron chi connectivity index (χ2n) is 3.90. The molecule has 0 aliphatic heterocycles. The fourth-order valence-electron chi connectivity index (χ4n) is 1.39. The largest absolute Gasteiger partial charge is 0.437 e. The number of ether oxygens (including phenoxy) is 1. The maximum atomic E-state index is 9.38. The first kappa shape index (κ1) is 14.4. The van der Waals surface area contributed by atoms with Gasteiger partial charge >= 0.3 is 0 Å². The van der Waals surface area contributed by atoms with Crippen LogP contribution >= 0.6 is 34.8 Å². The number of hydrogen-bond acceptors (Lipinski definition) is 3. The Labute approximate surface area is 125 Å². The van der Waals surface area contributed by atoms with Crippen LogP contribution in [0.1, 0.15) is 18.6 Å². The topological polar surface area (TPSA) is 42.4 Å². The van der Waals surface area contributed by atoms with Gasteiger partial charge in [0.25, 0.3) is 0 Å². The average Bonchev–Trinajstić information content (AvgIpc) is 2.36. The van der Waals surface area contributed by atoms with Gasteiger partial charge in [-0.3, -0.25) is 0 Å². The van der Waals surface area contributed by atoms with Crippen LogP contribution in [0, 0.1) is 0 Å². The lowest BCUT2D eigenvalue weighted by Gasteiger charge is -2.09. The van der Waals surface area contributed by atoms with Gasteiger partial charge < -0.3 is 9.84 Å². The quantitative estimate of drug-likeness (QED) is 0.819. The van der Waals surface area contributed by atoms with Crippen LogP contribution in [0.3, 0.4) is 0 Å². The summed E-state index contributed by atoms with van der Waals surface area (Å²) < 4.78 is 5.51. The summed E-state index contributed by atoms with van der Waals surface area (Å²) in [5, 5.41) is 10.4. The minimum Gasteiger partial charge on any atom is -0.437 e. The van der Waals surface area contributed by atoms with E-state index in [-0.39, 0.29) is 0 Å². The molecule has 1 aromatic heterocycles. The number of aliphatic hydroxyl groups excluding tert-OH is 1. The Balaban J connectivity index is 2.24. The highest BCUT2D eigenvalue weighted by molar-refractivity contribution is 6.43. The summed E-state index contributed by atoms with van der Waals surface area (Å²) in [6.07, 6.45) is 0.959. The third-order valence-electron chi connectivity index (χ3n) is 2.43. The van der Waals surface area contributed by atoms with Crippen molar-refractivity contribution in [2.24, 2.45) is 0 Å². The Kier molecular flexibility index (Phi) is 4.53. The number of hydrogen-bond donors (Lipinski definition) is 1. The van der Waals surface area contributed by atoms with Gasteiger partial charge in [-0.2, -0.15) is 0 Å². The molecule has 1 atom stereocenters. The molecular formula is C13H10Cl3NO2. The molecule has 0 amide bonds. The molecule has 1 heterocycles. The first-order chi connectivity index (χ1) is 8.97. The van der Waals surface area contributed by atoms with Crippen molar-refractivity contribution in [2.75, 3.05) is 0 Å². The molecule has 0 spiro atoms. The zero-order valence-corrected chi connectivity index (χ0v) is 12.2. The van der Waals surface area contributed by atoms with Crippen molar-refractivity contribution in [1.82, 2.24) is 4.98 Å². The Morgan fingerprint density at radius 1 is 1.11 bits per heavy atom. The molecule has 100 valence electrons. The van der Waals surface area contributed by atoms with E-state index < -0.39 is 6.10 Å². The lowest BCUT2D eigenvalue weighted by atomic mass is 10.2. The standard InChI is InChI=1S/C13H10Cl3NO2/c1-7(18)8-2-3-13(17-6-8)19-12-5-10(15)9(14)4-11(12)16/h2-7,18H,1H3. The van der Waals surface area contributed by atoms with Crippen molar-refractivity contribution in [3.8, 4) is 11.6 Å². The first-order valence-electron chi connectivity index (χ1n) is 5.44. The molecule has 6 heteroatoms. The predicted octanol–water partition coefficient (Wildman–Crippen LogP) is 4.89. The summed E-state index contributed by atoms with van der Waals surface area (Å²) in [7, 11) is 0. The normalized spacial score (nSPS) is 12.3. The van der Waals surface area contributed by atoms with Gasteiger partial charge in [0.05, 0.1) is 21.2 Å². The van der Waals surface area contributed by atoms with Crippen LogP contribution in [0.5, 0.6) is 11.6 Å². The lowest BCUT2D eigenvalue weighted by Crippen LogP contribution is -1.94.